The third-order valence-electron chi connectivity index (χ3n) is 3.27. The molecule has 0 saturated carbocycles. The van der Waals surface area contributed by atoms with Gasteiger partial charge in [-0.1, -0.05) is 45.1 Å². The standard InChI is InChI=1S/C16H26N2O/c1-3-4-5-6-7-8-11-18-16(19)14-10-9-13(2)12-15(14)17/h9-10,12H,3-8,11,17H2,1-2H3,(H,18,19). The van der Waals surface area contributed by atoms with Crippen molar-refractivity contribution in [2.45, 2.75) is 52.4 Å². The van der Waals surface area contributed by atoms with Gasteiger partial charge >= 0.3 is 0 Å². The number of aryl methyl sites for hydroxylation is 1. The summed E-state index contributed by atoms with van der Waals surface area (Å²) in [5, 5.41) is 2.93. The summed E-state index contributed by atoms with van der Waals surface area (Å²) in [6, 6.07) is 5.54. The van der Waals surface area contributed by atoms with Crippen LogP contribution in [-0.4, -0.2) is 12.5 Å². The lowest BCUT2D eigenvalue weighted by Gasteiger charge is -2.08. The number of anilines is 1. The van der Waals surface area contributed by atoms with Crippen LogP contribution in [0, 0.1) is 6.92 Å². The fourth-order valence-corrected chi connectivity index (χ4v) is 2.09. The monoisotopic (exact) mass is 262 g/mol. The Labute approximate surface area is 116 Å². The van der Waals surface area contributed by atoms with Gasteiger partial charge in [0.25, 0.3) is 5.91 Å². The summed E-state index contributed by atoms with van der Waals surface area (Å²) in [5.41, 5.74) is 8.06. The lowest BCUT2D eigenvalue weighted by atomic mass is 10.1. The summed E-state index contributed by atoms with van der Waals surface area (Å²) in [5.74, 6) is -0.0638. The maximum absolute atomic E-state index is 11.9. The van der Waals surface area contributed by atoms with Crippen molar-refractivity contribution in [2.24, 2.45) is 0 Å². The molecule has 0 bridgehead atoms. The molecule has 0 aliphatic heterocycles. The molecule has 3 heteroatoms. The van der Waals surface area contributed by atoms with Crippen molar-refractivity contribution in [3.05, 3.63) is 29.3 Å². The normalized spacial score (nSPS) is 10.4. The zero-order chi connectivity index (χ0) is 14.1. The first-order valence-electron chi connectivity index (χ1n) is 7.29. The summed E-state index contributed by atoms with van der Waals surface area (Å²) in [4.78, 5) is 11.9. The van der Waals surface area contributed by atoms with Crippen LogP contribution in [0.25, 0.3) is 0 Å². The largest absolute Gasteiger partial charge is 0.398 e. The van der Waals surface area contributed by atoms with Gasteiger partial charge in [0.1, 0.15) is 0 Å². The predicted octanol–water partition coefficient (Wildman–Crippen LogP) is 3.67. The number of nitrogens with two attached hydrogens (primary N) is 1. The van der Waals surface area contributed by atoms with Gasteiger partial charge in [-0.3, -0.25) is 4.79 Å². The van der Waals surface area contributed by atoms with E-state index in [1.807, 2.05) is 19.1 Å². The van der Waals surface area contributed by atoms with Crippen LogP contribution in [0.15, 0.2) is 18.2 Å². The molecule has 0 fully saturated rings. The van der Waals surface area contributed by atoms with Crippen LogP contribution in [0.2, 0.25) is 0 Å². The minimum atomic E-state index is -0.0638. The molecule has 0 aliphatic carbocycles. The van der Waals surface area contributed by atoms with Gasteiger partial charge in [-0.25, -0.2) is 0 Å². The summed E-state index contributed by atoms with van der Waals surface area (Å²) < 4.78 is 0. The van der Waals surface area contributed by atoms with E-state index >= 15 is 0 Å². The summed E-state index contributed by atoms with van der Waals surface area (Å²) in [6.45, 7) is 4.92. The van der Waals surface area contributed by atoms with Crippen LogP contribution >= 0.6 is 0 Å². The predicted molar refractivity (Wildman–Crippen MR) is 81.3 cm³/mol. The van der Waals surface area contributed by atoms with Gasteiger partial charge in [0.2, 0.25) is 0 Å². The molecule has 19 heavy (non-hydrogen) atoms. The molecule has 0 heterocycles. The Hall–Kier alpha value is -1.51. The van der Waals surface area contributed by atoms with Crippen molar-refractivity contribution in [1.82, 2.24) is 5.32 Å². The van der Waals surface area contributed by atoms with Crippen molar-refractivity contribution in [1.29, 1.82) is 0 Å². The van der Waals surface area contributed by atoms with Crippen LogP contribution < -0.4 is 11.1 Å². The molecule has 0 radical (unpaired) electrons. The van der Waals surface area contributed by atoms with E-state index in [1.54, 1.807) is 6.07 Å². The number of nitrogens with one attached hydrogen (secondary N) is 1. The Balaban J connectivity index is 2.24. The van der Waals surface area contributed by atoms with Gasteiger partial charge < -0.3 is 11.1 Å². The molecular weight excluding hydrogens is 236 g/mol. The average molecular weight is 262 g/mol. The Bertz CT molecular complexity index is 402. The number of carbonyl (C=O) groups is 1. The molecule has 1 rings (SSSR count). The van der Waals surface area contributed by atoms with Gasteiger partial charge in [-0.2, -0.15) is 0 Å². The number of hydrogen-bond acceptors (Lipinski definition) is 2. The number of carbonyl (C=O) groups excluding carboxylic acids is 1. The van der Waals surface area contributed by atoms with Crippen molar-refractivity contribution in [3.63, 3.8) is 0 Å². The quantitative estimate of drug-likeness (QED) is 0.555. The third-order valence-corrected chi connectivity index (χ3v) is 3.27. The molecule has 0 spiro atoms. The maximum atomic E-state index is 11.9. The van der Waals surface area contributed by atoms with E-state index in [0.29, 0.717) is 11.3 Å². The zero-order valence-electron chi connectivity index (χ0n) is 12.2. The zero-order valence-corrected chi connectivity index (χ0v) is 12.2. The number of amides is 1. The molecule has 0 saturated heterocycles. The molecule has 0 aliphatic rings. The second-order valence-electron chi connectivity index (χ2n) is 5.11. The minimum Gasteiger partial charge on any atom is -0.398 e. The number of unbranched alkanes of at least 4 members (excludes halogenated alkanes) is 5. The van der Waals surface area contributed by atoms with Crippen LogP contribution in [0.3, 0.4) is 0 Å². The third kappa shape index (κ3) is 5.77. The van der Waals surface area contributed by atoms with Crippen molar-refractivity contribution in [3.8, 4) is 0 Å². The molecule has 3 nitrogen and oxygen atoms in total. The van der Waals surface area contributed by atoms with Crippen LogP contribution in [0.4, 0.5) is 5.69 Å². The highest BCUT2D eigenvalue weighted by molar-refractivity contribution is 5.99. The molecule has 0 atom stereocenters. The fourth-order valence-electron chi connectivity index (χ4n) is 2.09. The molecule has 106 valence electrons. The lowest BCUT2D eigenvalue weighted by Crippen LogP contribution is -2.25. The summed E-state index contributed by atoms with van der Waals surface area (Å²) in [7, 11) is 0. The fraction of sp³-hybridized carbons (Fsp3) is 0.562. The molecule has 0 unspecified atom stereocenters. The van der Waals surface area contributed by atoms with E-state index in [2.05, 4.69) is 12.2 Å². The first-order chi connectivity index (χ1) is 9.15. The van der Waals surface area contributed by atoms with E-state index in [-0.39, 0.29) is 5.91 Å². The second-order valence-corrected chi connectivity index (χ2v) is 5.11. The molecule has 1 aromatic rings. The van der Waals surface area contributed by atoms with Gasteiger partial charge in [-0.15, -0.1) is 0 Å². The Kier molecular flexibility index (Phi) is 7.01. The van der Waals surface area contributed by atoms with E-state index in [4.69, 9.17) is 5.73 Å². The molecule has 0 aromatic heterocycles. The molecule has 1 amide bonds. The molecular formula is C16H26N2O. The molecule has 1 aromatic carbocycles. The van der Waals surface area contributed by atoms with E-state index in [1.165, 1.54) is 32.1 Å². The van der Waals surface area contributed by atoms with Crippen LogP contribution in [-0.2, 0) is 0 Å². The first-order valence-corrected chi connectivity index (χ1v) is 7.29. The molecule has 3 N–H and O–H groups in total. The topological polar surface area (TPSA) is 55.1 Å². The average Bonchev–Trinajstić information content (AvgIpc) is 2.37. The highest BCUT2D eigenvalue weighted by Crippen LogP contribution is 2.13. The summed E-state index contributed by atoms with van der Waals surface area (Å²) in [6.07, 6.45) is 7.37. The smallest absolute Gasteiger partial charge is 0.253 e. The van der Waals surface area contributed by atoms with Crippen LogP contribution in [0.5, 0.6) is 0 Å². The van der Waals surface area contributed by atoms with Gasteiger partial charge in [-0.05, 0) is 31.0 Å². The highest BCUT2D eigenvalue weighted by atomic mass is 16.1. The van der Waals surface area contributed by atoms with E-state index < -0.39 is 0 Å². The van der Waals surface area contributed by atoms with Crippen molar-refractivity contribution < 1.29 is 4.79 Å². The first kappa shape index (κ1) is 15.5. The lowest BCUT2D eigenvalue weighted by molar-refractivity contribution is 0.0954. The van der Waals surface area contributed by atoms with E-state index in [0.717, 1.165) is 18.5 Å². The number of rotatable bonds is 8. The van der Waals surface area contributed by atoms with Gasteiger partial charge in [0.05, 0.1) is 5.56 Å². The number of benzene rings is 1. The van der Waals surface area contributed by atoms with E-state index in [9.17, 15) is 4.79 Å². The van der Waals surface area contributed by atoms with Crippen molar-refractivity contribution >= 4 is 11.6 Å². The number of nitrogen functional groups attached to an aromatic ring is 1. The Morgan fingerprint density at radius 3 is 2.53 bits per heavy atom. The SMILES string of the molecule is CCCCCCCCNC(=O)c1ccc(C)cc1N. The van der Waals surface area contributed by atoms with Crippen LogP contribution in [0.1, 0.15) is 61.4 Å². The summed E-state index contributed by atoms with van der Waals surface area (Å²) >= 11 is 0. The second kappa shape index (κ2) is 8.57. The Morgan fingerprint density at radius 1 is 1.16 bits per heavy atom. The number of hydrogen-bond donors (Lipinski definition) is 2. The minimum absolute atomic E-state index is 0.0638. The van der Waals surface area contributed by atoms with Gasteiger partial charge in [0.15, 0.2) is 0 Å². The maximum Gasteiger partial charge on any atom is 0.253 e. The highest BCUT2D eigenvalue weighted by Gasteiger charge is 2.08. The Morgan fingerprint density at radius 2 is 1.84 bits per heavy atom. The van der Waals surface area contributed by atoms with Crippen molar-refractivity contribution in [2.75, 3.05) is 12.3 Å². The van der Waals surface area contributed by atoms with Gasteiger partial charge in [0, 0.05) is 12.2 Å².